The molecule has 0 aliphatic heterocycles. The van der Waals surface area contributed by atoms with E-state index in [1.54, 1.807) is 0 Å². The second-order valence-corrected chi connectivity index (χ2v) is 8.39. The maximum Gasteiger partial charge on any atom is 0.141 e. The van der Waals surface area contributed by atoms with Gasteiger partial charge in [-0.15, -0.1) is 0 Å². The Hall–Kier alpha value is -4.42. The summed E-state index contributed by atoms with van der Waals surface area (Å²) < 4.78 is 4.48. The standard InChI is InChI=1S/C28H24N6/c1-3-11-33-25-16-26-24(15-23(25)31-27(33)21-9-5-7-19(13-21)17-29)32-28(34(26)12-4-2)22-10-6-8-20(14-22)18-30/h5-10,13-16H,3-4,11-12H2,1-2H3. The summed E-state index contributed by atoms with van der Waals surface area (Å²) in [5.74, 6) is 1.73. The lowest BCUT2D eigenvalue weighted by Gasteiger charge is -2.10. The van der Waals surface area contributed by atoms with Crippen LogP contribution in [0.1, 0.15) is 37.8 Å². The molecule has 0 radical (unpaired) electrons. The Morgan fingerprint density at radius 3 is 1.56 bits per heavy atom. The number of nitriles is 2. The minimum absolute atomic E-state index is 0.623. The van der Waals surface area contributed by atoms with Crippen molar-refractivity contribution in [1.29, 1.82) is 10.5 Å². The van der Waals surface area contributed by atoms with Gasteiger partial charge in [0.25, 0.3) is 0 Å². The Morgan fingerprint density at radius 2 is 1.15 bits per heavy atom. The molecule has 0 aliphatic carbocycles. The summed E-state index contributed by atoms with van der Waals surface area (Å²) in [6, 6.07) is 23.9. The molecule has 2 aromatic heterocycles. The van der Waals surface area contributed by atoms with Gasteiger partial charge in [-0.1, -0.05) is 38.1 Å². The molecule has 6 nitrogen and oxygen atoms in total. The van der Waals surface area contributed by atoms with Crippen LogP contribution in [-0.4, -0.2) is 19.1 Å². The zero-order valence-corrected chi connectivity index (χ0v) is 19.3. The topological polar surface area (TPSA) is 83.2 Å². The van der Waals surface area contributed by atoms with Crippen molar-refractivity contribution in [2.45, 2.75) is 39.8 Å². The predicted molar refractivity (Wildman–Crippen MR) is 134 cm³/mol. The molecule has 0 spiro atoms. The van der Waals surface area contributed by atoms with Crippen LogP contribution in [-0.2, 0) is 13.1 Å². The van der Waals surface area contributed by atoms with Crippen LogP contribution in [0.15, 0.2) is 60.7 Å². The van der Waals surface area contributed by atoms with Gasteiger partial charge in [-0.2, -0.15) is 10.5 Å². The summed E-state index contributed by atoms with van der Waals surface area (Å²) in [5.41, 5.74) is 7.01. The van der Waals surface area contributed by atoms with E-state index in [0.29, 0.717) is 11.1 Å². The SMILES string of the molecule is CCCn1c(-c2cccc(C#N)c2)nc2cc3nc(-c4cccc(C#N)c4)n(CCC)c3cc21. The second kappa shape index (κ2) is 8.84. The van der Waals surface area contributed by atoms with Crippen LogP contribution in [0.5, 0.6) is 0 Å². The Labute approximate surface area is 198 Å². The lowest BCUT2D eigenvalue weighted by molar-refractivity contribution is 0.699. The number of imidazole rings is 2. The van der Waals surface area contributed by atoms with Crippen LogP contribution in [0, 0.1) is 22.7 Å². The molecule has 6 heteroatoms. The smallest absolute Gasteiger partial charge is 0.141 e. The molecule has 0 amide bonds. The van der Waals surface area contributed by atoms with E-state index in [1.807, 2.05) is 48.5 Å². The second-order valence-electron chi connectivity index (χ2n) is 8.39. The molecule has 0 saturated carbocycles. The number of hydrogen-bond acceptors (Lipinski definition) is 4. The Bertz CT molecular complexity index is 1490. The van der Waals surface area contributed by atoms with Gasteiger partial charge < -0.3 is 9.13 Å². The maximum atomic E-state index is 9.35. The highest BCUT2D eigenvalue weighted by atomic mass is 15.1. The largest absolute Gasteiger partial charge is 0.324 e. The van der Waals surface area contributed by atoms with Gasteiger partial charge in [-0.05, 0) is 49.2 Å². The highest BCUT2D eigenvalue weighted by Gasteiger charge is 2.18. The first-order valence-corrected chi connectivity index (χ1v) is 11.6. The van der Waals surface area contributed by atoms with Crippen LogP contribution in [0.4, 0.5) is 0 Å². The minimum atomic E-state index is 0.623. The summed E-state index contributed by atoms with van der Waals surface area (Å²) in [4.78, 5) is 9.95. The predicted octanol–water partition coefficient (Wildman–Crippen LogP) is 6.28. The molecule has 2 heterocycles. The lowest BCUT2D eigenvalue weighted by Crippen LogP contribution is -2.01. The molecule has 0 aliphatic rings. The van der Waals surface area contributed by atoms with Gasteiger partial charge in [0.15, 0.2) is 0 Å². The van der Waals surface area contributed by atoms with Gasteiger partial charge >= 0.3 is 0 Å². The number of hydrogen-bond donors (Lipinski definition) is 0. The molecule has 0 bridgehead atoms. The van der Waals surface area contributed by atoms with Crippen molar-refractivity contribution in [3.8, 4) is 34.9 Å². The van der Waals surface area contributed by atoms with E-state index in [0.717, 1.165) is 70.8 Å². The van der Waals surface area contributed by atoms with E-state index in [-0.39, 0.29) is 0 Å². The van der Waals surface area contributed by atoms with Crippen molar-refractivity contribution in [3.05, 3.63) is 71.8 Å². The zero-order chi connectivity index (χ0) is 23.7. The van der Waals surface area contributed by atoms with Crippen molar-refractivity contribution in [2.75, 3.05) is 0 Å². The first kappa shape index (κ1) is 21.4. The fourth-order valence-corrected chi connectivity index (χ4v) is 4.54. The number of aromatic nitrogens is 4. The Morgan fingerprint density at radius 1 is 0.676 bits per heavy atom. The average Bonchev–Trinajstić information content (AvgIpc) is 3.41. The molecule has 5 rings (SSSR count). The van der Waals surface area contributed by atoms with Crippen molar-refractivity contribution in [2.24, 2.45) is 0 Å². The van der Waals surface area contributed by atoms with E-state index in [2.05, 4.69) is 47.3 Å². The van der Waals surface area contributed by atoms with Crippen LogP contribution < -0.4 is 0 Å². The molecule has 3 aromatic carbocycles. The first-order valence-electron chi connectivity index (χ1n) is 11.6. The number of rotatable bonds is 6. The first-order chi connectivity index (χ1) is 16.7. The van der Waals surface area contributed by atoms with E-state index >= 15 is 0 Å². The zero-order valence-electron chi connectivity index (χ0n) is 19.3. The third kappa shape index (κ3) is 3.60. The highest BCUT2D eigenvalue weighted by molar-refractivity contribution is 5.95. The van der Waals surface area contributed by atoms with Crippen molar-refractivity contribution in [1.82, 2.24) is 19.1 Å². The summed E-state index contributed by atoms with van der Waals surface area (Å²) in [6.45, 7) is 5.96. The van der Waals surface area contributed by atoms with E-state index in [1.165, 1.54) is 0 Å². The summed E-state index contributed by atoms with van der Waals surface area (Å²) in [7, 11) is 0. The fourth-order valence-electron chi connectivity index (χ4n) is 4.54. The molecule has 5 aromatic rings. The summed E-state index contributed by atoms with van der Waals surface area (Å²) in [5, 5.41) is 18.7. The molecule has 166 valence electrons. The van der Waals surface area contributed by atoms with Gasteiger partial charge in [-0.25, -0.2) is 9.97 Å². The molecule has 0 atom stereocenters. The van der Waals surface area contributed by atoms with Crippen LogP contribution >= 0.6 is 0 Å². The molecular formula is C28H24N6. The Balaban J connectivity index is 1.76. The quantitative estimate of drug-likeness (QED) is 0.308. The number of aryl methyl sites for hydroxylation is 2. The van der Waals surface area contributed by atoms with Gasteiger partial charge in [0, 0.05) is 24.2 Å². The van der Waals surface area contributed by atoms with Gasteiger partial charge in [0.05, 0.1) is 45.3 Å². The van der Waals surface area contributed by atoms with Crippen molar-refractivity contribution >= 4 is 22.1 Å². The highest BCUT2D eigenvalue weighted by Crippen LogP contribution is 2.32. The molecular weight excluding hydrogens is 420 g/mol. The average molecular weight is 445 g/mol. The monoisotopic (exact) mass is 444 g/mol. The lowest BCUT2D eigenvalue weighted by atomic mass is 10.1. The summed E-state index contributed by atoms with van der Waals surface area (Å²) in [6.07, 6.45) is 1.93. The van der Waals surface area contributed by atoms with Crippen molar-refractivity contribution < 1.29 is 0 Å². The van der Waals surface area contributed by atoms with E-state index in [9.17, 15) is 10.5 Å². The number of fused-ring (bicyclic) bond motifs is 2. The van der Waals surface area contributed by atoms with Gasteiger partial charge in [-0.3, -0.25) is 0 Å². The van der Waals surface area contributed by atoms with Crippen LogP contribution in [0.25, 0.3) is 44.8 Å². The fraction of sp³-hybridized carbons (Fsp3) is 0.214. The van der Waals surface area contributed by atoms with Crippen molar-refractivity contribution in [3.63, 3.8) is 0 Å². The van der Waals surface area contributed by atoms with Gasteiger partial charge in [0.2, 0.25) is 0 Å². The number of benzene rings is 3. The Kier molecular flexibility index (Phi) is 5.57. The number of nitrogens with zero attached hydrogens (tertiary/aromatic N) is 6. The van der Waals surface area contributed by atoms with E-state index in [4.69, 9.17) is 9.97 Å². The molecule has 0 saturated heterocycles. The van der Waals surface area contributed by atoms with Crippen LogP contribution in [0.3, 0.4) is 0 Å². The maximum absolute atomic E-state index is 9.35. The van der Waals surface area contributed by atoms with E-state index < -0.39 is 0 Å². The van der Waals surface area contributed by atoms with Gasteiger partial charge in [0.1, 0.15) is 11.6 Å². The minimum Gasteiger partial charge on any atom is -0.324 e. The van der Waals surface area contributed by atoms with Crippen LogP contribution in [0.2, 0.25) is 0 Å². The third-order valence-electron chi connectivity index (χ3n) is 6.01. The molecule has 0 unspecified atom stereocenters. The normalized spacial score (nSPS) is 11.1. The molecule has 0 N–H and O–H groups in total. The molecule has 0 fully saturated rings. The third-order valence-corrected chi connectivity index (χ3v) is 6.01. The summed E-state index contributed by atoms with van der Waals surface area (Å²) >= 11 is 0. The molecule has 34 heavy (non-hydrogen) atoms.